The summed E-state index contributed by atoms with van der Waals surface area (Å²) in [6.45, 7) is 19.9. The van der Waals surface area contributed by atoms with Crippen LogP contribution in [0.2, 0.25) is 0 Å². The zero-order chi connectivity index (χ0) is 32.3. The average Bonchev–Trinajstić information content (AvgIpc) is 2.89. The van der Waals surface area contributed by atoms with Crippen LogP contribution in [0.25, 0.3) is 0 Å². The molecule has 42 heavy (non-hydrogen) atoms. The molecule has 1 heterocycles. The fourth-order valence-electron chi connectivity index (χ4n) is 3.49. The summed E-state index contributed by atoms with van der Waals surface area (Å²) in [5.41, 5.74) is -4.41. The van der Waals surface area contributed by atoms with Gasteiger partial charge in [0.1, 0.15) is 19.8 Å². The van der Waals surface area contributed by atoms with Gasteiger partial charge in [0.05, 0.1) is 38.9 Å². The van der Waals surface area contributed by atoms with E-state index < -0.39 is 51.2 Å². The first-order valence-electron chi connectivity index (χ1n) is 13.7. The van der Waals surface area contributed by atoms with E-state index in [0.29, 0.717) is 0 Å². The number of hydrogen-bond acceptors (Lipinski definition) is 9. The number of nitrogens with zero attached hydrogens (tertiary/aromatic N) is 3. The fraction of sp³-hybridized carbons (Fsp3) is 0.600. The molecule has 0 spiro atoms. The van der Waals surface area contributed by atoms with Crippen molar-refractivity contribution in [2.24, 2.45) is 16.2 Å². The molecule has 0 fully saturated rings. The quantitative estimate of drug-likeness (QED) is 0.143. The van der Waals surface area contributed by atoms with E-state index in [4.69, 9.17) is 14.2 Å². The molecule has 0 atom stereocenters. The number of aromatic nitrogens is 3. The molecule has 1 aromatic rings. The molecule has 12 nitrogen and oxygen atoms in total. The lowest BCUT2D eigenvalue weighted by Crippen LogP contribution is -2.55. The molecule has 0 bridgehead atoms. The Bertz CT molecular complexity index is 1150. The van der Waals surface area contributed by atoms with Crippen molar-refractivity contribution in [3.05, 3.63) is 69.4 Å². The van der Waals surface area contributed by atoms with Crippen molar-refractivity contribution in [3.8, 4) is 0 Å². The number of hydrogen-bond donors (Lipinski definition) is 0. The molecule has 0 aliphatic carbocycles. The number of carbonyl (C=O) groups excluding carboxylic acids is 3. The van der Waals surface area contributed by atoms with Gasteiger partial charge in [0, 0.05) is 0 Å². The van der Waals surface area contributed by atoms with Crippen molar-refractivity contribution in [2.75, 3.05) is 19.8 Å². The molecular formula is C30H45N3O9. The number of carbonyl (C=O) groups is 3. The van der Waals surface area contributed by atoms with Crippen molar-refractivity contribution >= 4 is 17.9 Å². The second-order valence-electron chi connectivity index (χ2n) is 12.1. The maximum absolute atomic E-state index is 13.1. The molecule has 0 aromatic carbocycles. The zero-order valence-electron chi connectivity index (χ0n) is 25.7. The summed E-state index contributed by atoms with van der Waals surface area (Å²) >= 11 is 0. The Balaban J connectivity index is 3.20. The van der Waals surface area contributed by atoms with Gasteiger partial charge in [0.25, 0.3) is 0 Å². The Hall–Kier alpha value is -3.96. The fourth-order valence-corrected chi connectivity index (χ4v) is 3.49. The number of ether oxygens (including phenoxy) is 3. The van der Waals surface area contributed by atoms with Crippen LogP contribution in [0.4, 0.5) is 0 Å². The van der Waals surface area contributed by atoms with Crippen molar-refractivity contribution in [2.45, 2.75) is 80.4 Å². The van der Waals surface area contributed by atoms with E-state index in [1.807, 2.05) is 0 Å². The van der Waals surface area contributed by atoms with Crippen LogP contribution in [-0.4, -0.2) is 51.4 Å². The molecule has 1 rings (SSSR count). The zero-order valence-corrected chi connectivity index (χ0v) is 25.7. The lowest BCUT2D eigenvalue weighted by Gasteiger charge is -2.19. The highest BCUT2D eigenvalue weighted by Crippen LogP contribution is 2.23. The minimum atomic E-state index is -0.962. The Morgan fingerprint density at radius 1 is 0.548 bits per heavy atom. The summed E-state index contributed by atoms with van der Waals surface area (Å²) in [7, 11) is 0. The largest absolute Gasteiger partial charge is 0.464 e. The highest BCUT2D eigenvalue weighted by Gasteiger charge is 2.23. The highest BCUT2D eigenvalue weighted by molar-refractivity contribution is 5.71. The first kappa shape index (κ1) is 36.1. The third kappa shape index (κ3) is 11.5. The van der Waals surface area contributed by atoms with Gasteiger partial charge < -0.3 is 14.2 Å². The number of esters is 3. The molecule has 0 aliphatic heterocycles. The second kappa shape index (κ2) is 15.3. The topological polar surface area (TPSA) is 145 Å². The molecule has 12 heteroatoms. The number of allylic oxidation sites excluding steroid dienone is 3. The van der Waals surface area contributed by atoms with Crippen LogP contribution in [0, 0.1) is 16.2 Å². The van der Waals surface area contributed by atoms with Crippen LogP contribution in [0.5, 0.6) is 0 Å². The Morgan fingerprint density at radius 3 is 0.952 bits per heavy atom. The monoisotopic (exact) mass is 591 g/mol. The maximum atomic E-state index is 13.1. The summed E-state index contributed by atoms with van der Waals surface area (Å²) < 4.78 is 17.9. The summed E-state index contributed by atoms with van der Waals surface area (Å²) in [5, 5.41) is 0. The lowest BCUT2D eigenvalue weighted by molar-refractivity contribution is -0.146. The average molecular weight is 592 g/mol. The van der Waals surface area contributed by atoms with Crippen molar-refractivity contribution in [1.82, 2.24) is 13.7 Å². The first-order valence-corrected chi connectivity index (χ1v) is 13.7. The van der Waals surface area contributed by atoms with Crippen LogP contribution in [0.3, 0.4) is 0 Å². The van der Waals surface area contributed by atoms with Crippen molar-refractivity contribution in [1.29, 1.82) is 0 Å². The minimum Gasteiger partial charge on any atom is -0.464 e. The van der Waals surface area contributed by atoms with Crippen LogP contribution in [0.1, 0.15) is 60.8 Å². The van der Waals surface area contributed by atoms with Gasteiger partial charge >= 0.3 is 35.0 Å². The summed E-state index contributed by atoms with van der Waals surface area (Å²) in [6, 6.07) is 0. The van der Waals surface area contributed by atoms with Crippen LogP contribution >= 0.6 is 0 Å². The van der Waals surface area contributed by atoms with E-state index in [1.54, 1.807) is 59.8 Å². The van der Waals surface area contributed by atoms with E-state index in [0.717, 1.165) is 13.7 Å². The third-order valence-corrected chi connectivity index (χ3v) is 6.58. The molecule has 0 N–H and O–H groups in total. The summed E-state index contributed by atoms with van der Waals surface area (Å²) in [4.78, 5) is 76.1. The van der Waals surface area contributed by atoms with E-state index >= 15 is 0 Å². The van der Waals surface area contributed by atoms with Crippen LogP contribution in [-0.2, 0) is 48.2 Å². The van der Waals surface area contributed by atoms with Gasteiger partial charge in [-0.3, -0.25) is 14.4 Å². The van der Waals surface area contributed by atoms with Crippen LogP contribution < -0.4 is 17.1 Å². The molecule has 1 aromatic heterocycles. The summed E-state index contributed by atoms with van der Waals surface area (Å²) in [6.07, 6.45) is 4.96. The Kier molecular flexibility index (Phi) is 13.2. The first-order chi connectivity index (χ1) is 19.4. The third-order valence-electron chi connectivity index (χ3n) is 6.58. The van der Waals surface area contributed by atoms with Gasteiger partial charge in [-0.25, -0.2) is 28.1 Å². The molecule has 0 saturated carbocycles. The molecule has 0 radical (unpaired) electrons. The minimum absolute atomic E-state index is 0.0389. The highest BCUT2D eigenvalue weighted by atomic mass is 16.5. The van der Waals surface area contributed by atoms with E-state index in [2.05, 4.69) is 19.7 Å². The van der Waals surface area contributed by atoms with Gasteiger partial charge in [-0.1, -0.05) is 59.8 Å². The van der Waals surface area contributed by atoms with E-state index in [9.17, 15) is 28.8 Å². The van der Waals surface area contributed by atoms with Crippen LogP contribution in [0.15, 0.2) is 52.3 Å². The molecule has 0 amide bonds. The summed E-state index contributed by atoms with van der Waals surface area (Å²) in [5.74, 6) is -1.65. The Morgan fingerprint density at radius 2 is 0.762 bits per heavy atom. The molecule has 0 saturated heterocycles. The van der Waals surface area contributed by atoms with Crippen molar-refractivity contribution in [3.63, 3.8) is 0 Å². The van der Waals surface area contributed by atoms with Crippen molar-refractivity contribution < 1.29 is 28.6 Å². The molecule has 234 valence electrons. The molecular weight excluding hydrogens is 546 g/mol. The predicted octanol–water partition coefficient (Wildman–Crippen LogP) is 2.61. The maximum Gasteiger partial charge on any atom is 0.336 e. The lowest BCUT2D eigenvalue weighted by atomic mass is 9.90. The van der Waals surface area contributed by atoms with Gasteiger partial charge in [0.2, 0.25) is 0 Å². The standard InChI is InChI=1S/C30H45N3O9/c1-10-28(4,5)19-22(34)40-16-13-31-25(37)32(14-17-41-23(35)20-29(6,7)11-2)27(39)33(26(31)38)15-18-42-24(36)21-30(8,9)12-3/h10-12H,1-3,13-21H2,4-9H3. The van der Waals surface area contributed by atoms with Gasteiger partial charge in [-0.2, -0.15) is 0 Å². The predicted molar refractivity (Wildman–Crippen MR) is 158 cm³/mol. The van der Waals surface area contributed by atoms with Gasteiger partial charge in [-0.05, 0) is 16.2 Å². The normalized spacial score (nSPS) is 11.9. The number of rotatable bonds is 18. The molecule has 0 unspecified atom stereocenters. The van der Waals surface area contributed by atoms with Gasteiger partial charge in [0.15, 0.2) is 0 Å². The second-order valence-corrected chi connectivity index (χ2v) is 12.1. The smallest absolute Gasteiger partial charge is 0.336 e. The van der Waals surface area contributed by atoms with Gasteiger partial charge in [-0.15, -0.1) is 19.7 Å². The van der Waals surface area contributed by atoms with E-state index in [-0.39, 0.29) is 58.7 Å². The Labute approximate surface area is 246 Å². The SMILES string of the molecule is C=CC(C)(C)CC(=O)OCCn1c(=O)n(CCOC(=O)CC(C)(C)C=C)c(=O)n(CCOC(=O)CC(C)(C)C=C)c1=O. The van der Waals surface area contributed by atoms with E-state index in [1.165, 1.54) is 0 Å². The molecule has 0 aliphatic rings.